The van der Waals surface area contributed by atoms with Gasteiger partial charge in [-0.25, -0.2) is 4.79 Å². The van der Waals surface area contributed by atoms with Crippen molar-refractivity contribution in [1.82, 2.24) is 10.2 Å². The minimum absolute atomic E-state index is 0.000714. The SMILES string of the molecule is CC(=O)N[C@@H]1C[C@@H]2CN(C(=O)c3c(C)cc(=O)oc3C)C[C@@H]2C[C@H]1OCC1CC1. The Morgan fingerprint density at radius 2 is 1.90 bits per heavy atom. The predicted octanol–water partition coefficient (Wildman–Crippen LogP) is 2.04. The molecular weight excluding hydrogens is 372 g/mol. The number of aryl methyl sites for hydroxylation is 2. The number of hydrogen-bond donors (Lipinski definition) is 1. The van der Waals surface area contributed by atoms with Crippen molar-refractivity contribution in [2.45, 2.75) is 58.6 Å². The molecule has 4 atom stereocenters. The van der Waals surface area contributed by atoms with Crippen molar-refractivity contribution in [2.24, 2.45) is 17.8 Å². The zero-order chi connectivity index (χ0) is 20.7. The second kappa shape index (κ2) is 7.94. The summed E-state index contributed by atoms with van der Waals surface area (Å²) in [6.45, 7) is 7.09. The van der Waals surface area contributed by atoms with Crippen LogP contribution in [0.2, 0.25) is 0 Å². The summed E-state index contributed by atoms with van der Waals surface area (Å²) >= 11 is 0. The third-order valence-corrected chi connectivity index (χ3v) is 6.58. The van der Waals surface area contributed by atoms with E-state index in [9.17, 15) is 14.4 Å². The Kier molecular flexibility index (Phi) is 5.51. The fraction of sp³-hybridized carbons (Fsp3) is 0.682. The second-order valence-electron chi connectivity index (χ2n) is 9.00. The number of fused-ring (bicyclic) bond motifs is 1. The van der Waals surface area contributed by atoms with Crippen molar-refractivity contribution < 1.29 is 18.7 Å². The molecule has 1 aromatic heterocycles. The van der Waals surface area contributed by atoms with E-state index in [2.05, 4.69) is 5.32 Å². The molecule has 2 aliphatic carbocycles. The fourth-order valence-corrected chi connectivity index (χ4v) is 4.96. The molecule has 0 bridgehead atoms. The van der Waals surface area contributed by atoms with Gasteiger partial charge in [0, 0.05) is 32.7 Å². The largest absolute Gasteiger partial charge is 0.427 e. The molecule has 2 saturated carbocycles. The summed E-state index contributed by atoms with van der Waals surface area (Å²) in [5.74, 6) is 1.63. The van der Waals surface area contributed by atoms with E-state index in [-0.39, 0.29) is 24.0 Å². The summed E-state index contributed by atoms with van der Waals surface area (Å²) in [5.41, 5.74) is 0.712. The van der Waals surface area contributed by atoms with Crippen LogP contribution in [0.3, 0.4) is 0 Å². The Morgan fingerprint density at radius 1 is 1.21 bits per heavy atom. The molecule has 2 amide bonds. The minimum atomic E-state index is -0.430. The zero-order valence-electron chi connectivity index (χ0n) is 17.4. The van der Waals surface area contributed by atoms with E-state index in [4.69, 9.17) is 9.15 Å². The molecule has 0 unspecified atom stereocenters. The van der Waals surface area contributed by atoms with E-state index in [1.807, 2.05) is 4.90 Å². The van der Waals surface area contributed by atoms with Gasteiger partial charge in [0.1, 0.15) is 5.76 Å². The summed E-state index contributed by atoms with van der Waals surface area (Å²) in [6.07, 6.45) is 4.16. The molecule has 1 aromatic rings. The summed E-state index contributed by atoms with van der Waals surface area (Å²) in [4.78, 5) is 38.3. The molecular formula is C22H30N2O5. The van der Waals surface area contributed by atoms with E-state index in [1.165, 1.54) is 18.9 Å². The maximum atomic E-state index is 13.2. The molecule has 1 aliphatic heterocycles. The Hall–Kier alpha value is -2.15. The first-order valence-electron chi connectivity index (χ1n) is 10.6. The highest BCUT2D eigenvalue weighted by Gasteiger charge is 2.45. The quantitative estimate of drug-likeness (QED) is 0.814. The molecule has 7 heteroatoms. The van der Waals surface area contributed by atoms with Crippen LogP contribution in [0.5, 0.6) is 0 Å². The number of likely N-dealkylation sites (tertiary alicyclic amines) is 1. The molecule has 29 heavy (non-hydrogen) atoms. The van der Waals surface area contributed by atoms with E-state index < -0.39 is 5.63 Å². The molecule has 0 radical (unpaired) electrons. The standard InChI is InChI=1S/C22H30N2O5/c1-12-6-20(26)29-13(2)21(12)22(27)24-9-16-7-18(23-14(3)25)19(8-17(16)10-24)28-11-15-4-5-15/h6,15-19H,4-5,7-11H2,1-3H3,(H,23,25)/t16-,17+,18-,19-/m1/s1. The van der Waals surface area contributed by atoms with Gasteiger partial charge in [-0.1, -0.05) is 0 Å². The van der Waals surface area contributed by atoms with Gasteiger partial charge < -0.3 is 19.4 Å². The lowest BCUT2D eigenvalue weighted by Gasteiger charge is -2.38. The van der Waals surface area contributed by atoms with Crippen molar-refractivity contribution in [3.05, 3.63) is 33.4 Å². The van der Waals surface area contributed by atoms with Crippen molar-refractivity contribution in [2.75, 3.05) is 19.7 Å². The zero-order valence-corrected chi connectivity index (χ0v) is 17.4. The van der Waals surface area contributed by atoms with E-state index in [0.29, 0.717) is 47.7 Å². The van der Waals surface area contributed by atoms with Gasteiger partial charge in [0.05, 0.1) is 17.7 Å². The average Bonchev–Trinajstić information content (AvgIpc) is 3.36. The van der Waals surface area contributed by atoms with Crippen LogP contribution in [0, 0.1) is 31.6 Å². The number of carbonyl (C=O) groups is 2. The van der Waals surface area contributed by atoms with Crippen LogP contribution in [0.1, 0.15) is 54.3 Å². The summed E-state index contributed by atoms with van der Waals surface area (Å²) in [6, 6.07) is 1.37. The first-order valence-corrected chi connectivity index (χ1v) is 10.6. The van der Waals surface area contributed by atoms with Gasteiger partial charge >= 0.3 is 5.63 Å². The molecule has 3 aliphatic rings. The van der Waals surface area contributed by atoms with Gasteiger partial charge in [0.15, 0.2) is 0 Å². The fourth-order valence-electron chi connectivity index (χ4n) is 4.96. The number of ether oxygens (including phenoxy) is 1. The summed E-state index contributed by atoms with van der Waals surface area (Å²) < 4.78 is 11.3. The molecule has 7 nitrogen and oxygen atoms in total. The van der Waals surface area contributed by atoms with Gasteiger partial charge in [0.2, 0.25) is 5.91 Å². The third kappa shape index (κ3) is 4.39. The molecule has 0 spiro atoms. The highest BCUT2D eigenvalue weighted by molar-refractivity contribution is 5.96. The molecule has 2 heterocycles. The highest BCUT2D eigenvalue weighted by atomic mass is 16.5. The van der Waals surface area contributed by atoms with Crippen LogP contribution < -0.4 is 10.9 Å². The van der Waals surface area contributed by atoms with E-state index in [0.717, 1.165) is 19.4 Å². The number of rotatable bonds is 5. The summed E-state index contributed by atoms with van der Waals surface area (Å²) in [7, 11) is 0. The Balaban J connectivity index is 1.47. The molecule has 1 N–H and O–H groups in total. The van der Waals surface area contributed by atoms with E-state index >= 15 is 0 Å². The number of carbonyl (C=O) groups excluding carboxylic acids is 2. The molecule has 158 valence electrons. The second-order valence-corrected chi connectivity index (χ2v) is 9.00. The minimum Gasteiger partial charge on any atom is -0.427 e. The first-order chi connectivity index (χ1) is 13.8. The molecule has 0 aromatic carbocycles. The predicted molar refractivity (Wildman–Crippen MR) is 107 cm³/mol. The third-order valence-electron chi connectivity index (χ3n) is 6.58. The lowest BCUT2D eigenvalue weighted by Crippen LogP contribution is -2.50. The Morgan fingerprint density at radius 3 is 2.52 bits per heavy atom. The Bertz CT molecular complexity index is 833. The Labute approximate surface area is 170 Å². The van der Waals surface area contributed by atoms with Crippen LogP contribution in [-0.2, 0) is 9.53 Å². The van der Waals surface area contributed by atoms with Crippen molar-refractivity contribution in [1.29, 1.82) is 0 Å². The van der Waals surface area contributed by atoms with Crippen molar-refractivity contribution >= 4 is 11.8 Å². The van der Waals surface area contributed by atoms with Gasteiger partial charge in [-0.3, -0.25) is 9.59 Å². The van der Waals surface area contributed by atoms with Crippen LogP contribution >= 0.6 is 0 Å². The van der Waals surface area contributed by atoms with Crippen molar-refractivity contribution in [3.63, 3.8) is 0 Å². The maximum absolute atomic E-state index is 13.2. The first kappa shape index (κ1) is 20.1. The average molecular weight is 402 g/mol. The lowest BCUT2D eigenvalue weighted by molar-refractivity contribution is -0.122. The van der Waals surface area contributed by atoms with Gasteiger partial charge in [-0.2, -0.15) is 0 Å². The van der Waals surface area contributed by atoms with Crippen LogP contribution in [-0.4, -0.2) is 48.6 Å². The van der Waals surface area contributed by atoms with Crippen LogP contribution in [0.25, 0.3) is 0 Å². The van der Waals surface area contributed by atoms with E-state index in [1.54, 1.807) is 20.8 Å². The number of nitrogens with one attached hydrogen (secondary N) is 1. The number of hydrogen-bond acceptors (Lipinski definition) is 5. The lowest BCUT2D eigenvalue weighted by atomic mass is 9.77. The smallest absolute Gasteiger partial charge is 0.336 e. The molecule has 1 saturated heterocycles. The topological polar surface area (TPSA) is 88.9 Å². The number of amides is 2. The molecule has 3 fully saturated rings. The van der Waals surface area contributed by atoms with Crippen LogP contribution in [0.15, 0.2) is 15.3 Å². The van der Waals surface area contributed by atoms with Crippen LogP contribution in [0.4, 0.5) is 0 Å². The molecule has 4 rings (SSSR count). The van der Waals surface area contributed by atoms with Gasteiger partial charge in [0.25, 0.3) is 5.91 Å². The van der Waals surface area contributed by atoms with Crippen molar-refractivity contribution in [3.8, 4) is 0 Å². The highest BCUT2D eigenvalue weighted by Crippen LogP contribution is 2.39. The normalized spacial score (nSPS) is 28.9. The summed E-state index contributed by atoms with van der Waals surface area (Å²) in [5, 5.41) is 3.07. The monoisotopic (exact) mass is 402 g/mol. The van der Waals surface area contributed by atoms with Gasteiger partial charge in [-0.15, -0.1) is 0 Å². The number of nitrogens with zero attached hydrogens (tertiary/aromatic N) is 1. The maximum Gasteiger partial charge on any atom is 0.336 e. The van der Waals surface area contributed by atoms with Gasteiger partial charge in [-0.05, 0) is 62.8 Å².